The van der Waals surface area contributed by atoms with Crippen molar-refractivity contribution in [2.75, 3.05) is 0 Å². The van der Waals surface area contributed by atoms with Gasteiger partial charge in [0.25, 0.3) is 0 Å². The molecule has 6 N–H and O–H groups in total. The van der Waals surface area contributed by atoms with E-state index in [1.165, 1.54) is 37.0 Å². The first-order valence-electron chi connectivity index (χ1n) is 12.1. The number of aromatic hydroxyl groups is 2. The molecule has 0 spiro atoms. The highest BCUT2D eigenvalue weighted by Gasteiger charge is 1.98. The van der Waals surface area contributed by atoms with Crippen LogP contribution in [0.25, 0.3) is 0 Å². The highest BCUT2D eigenvalue weighted by Crippen LogP contribution is 2.13. The Kier molecular flexibility index (Phi) is 12.3. The molecule has 4 amide bonds. The number of hydrogen-bond donors (Lipinski definition) is 6. The number of rotatable bonds is 8. The molecule has 212 valence electrons. The first-order chi connectivity index (χ1) is 20.5. The van der Waals surface area contributed by atoms with E-state index in [1.807, 2.05) is 0 Å². The summed E-state index contributed by atoms with van der Waals surface area (Å²) in [6, 6.07) is 19.2. The van der Waals surface area contributed by atoms with Gasteiger partial charge >= 0.3 is 12.1 Å². The molecule has 2 heterocycles. The lowest BCUT2D eigenvalue weighted by Crippen LogP contribution is -2.28. The number of phenolic OH excluding ortho intramolecular Hbond substituents is 2. The van der Waals surface area contributed by atoms with Crippen LogP contribution in [-0.4, -0.2) is 57.1 Å². The van der Waals surface area contributed by atoms with Crippen LogP contribution in [0.5, 0.6) is 11.5 Å². The quantitative estimate of drug-likeness (QED) is 0.140. The van der Waals surface area contributed by atoms with Crippen LogP contribution < -0.4 is 21.7 Å². The zero-order chi connectivity index (χ0) is 29.8. The molecule has 0 unspecified atom stereocenters. The average Bonchev–Trinajstić information content (AvgIpc) is 3.01. The number of benzene rings is 2. The molecule has 4 rings (SSSR count). The summed E-state index contributed by atoms with van der Waals surface area (Å²) >= 11 is 0. The molecule has 0 saturated carbocycles. The van der Waals surface area contributed by atoms with Gasteiger partial charge in [-0.1, -0.05) is 36.4 Å². The van der Waals surface area contributed by atoms with Crippen LogP contribution in [0.15, 0.2) is 118 Å². The third kappa shape index (κ3) is 11.5. The van der Waals surface area contributed by atoms with Gasteiger partial charge in [-0.2, -0.15) is 20.4 Å². The Labute approximate surface area is 240 Å². The molecule has 14 nitrogen and oxygen atoms in total. The fraction of sp³-hybridized carbons (Fsp3) is 0. The minimum Gasteiger partial charge on any atom is -0.507 e. The Balaban J connectivity index is 0.000000230. The van der Waals surface area contributed by atoms with E-state index in [1.54, 1.807) is 85.5 Å². The van der Waals surface area contributed by atoms with Gasteiger partial charge in [-0.05, 0) is 36.4 Å². The third-order valence-corrected chi connectivity index (χ3v) is 4.74. The molecule has 0 atom stereocenters. The van der Waals surface area contributed by atoms with Gasteiger partial charge in [0.1, 0.15) is 11.5 Å². The van der Waals surface area contributed by atoms with Gasteiger partial charge in [-0.25, -0.2) is 31.3 Å². The maximum Gasteiger partial charge on any atom is 0.355 e. The van der Waals surface area contributed by atoms with Crippen LogP contribution in [0.2, 0.25) is 0 Å². The largest absolute Gasteiger partial charge is 0.507 e. The molecule has 14 heteroatoms. The summed E-state index contributed by atoms with van der Waals surface area (Å²) in [6.07, 6.45) is 12.1. The van der Waals surface area contributed by atoms with Crippen molar-refractivity contribution in [1.82, 2.24) is 31.7 Å². The number of nitrogens with one attached hydrogen (secondary N) is 4. The normalized spacial score (nSPS) is 10.9. The Morgan fingerprint density at radius 3 is 1.29 bits per heavy atom. The Morgan fingerprint density at radius 1 is 0.548 bits per heavy atom. The second-order valence-electron chi connectivity index (χ2n) is 7.83. The van der Waals surface area contributed by atoms with E-state index in [4.69, 9.17) is 0 Å². The summed E-state index contributed by atoms with van der Waals surface area (Å²) in [5, 5.41) is 33.8. The predicted octanol–water partition coefficient (Wildman–Crippen LogP) is 2.91. The van der Waals surface area contributed by atoms with Gasteiger partial charge in [-0.3, -0.25) is 9.97 Å². The van der Waals surface area contributed by atoms with E-state index in [0.29, 0.717) is 11.1 Å². The molecular weight excluding hydrogens is 540 g/mol. The minimum absolute atomic E-state index is 0.0815. The summed E-state index contributed by atoms with van der Waals surface area (Å²) in [7, 11) is 0. The van der Waals surface area contributed by atoms with E-state index in [0.717, 1.165) is 11.1 Å². The van der Waals surface area contributed by atoms with E-state index < -0.39 is 12.1 Å². The number of pyridine rings is 2. The topological polar surface area (TPSA) is 198 Å². The van der Waals surface area contributed by atoms with Gasteiger partial charge in [0, 0.05) is 47.0 Å². The van der Waals surface area contributed by atoms with E-state index in [2.05, 4.69) is 52.1 Å². The number of amides is 4. The Bertz CT molecular complexity index is 1430. The van der Waals surface area contributed by atoms with Crippen LogP contribution in [0.1, 0.15) is 22.3 Å². The maximum absolute atomic E-state index is 11.4. The zero-order valence-corrected chi connectivity index (χ0v) is 21.9. The van der Waals surface area contributed by atoms with Crippen LogP contribution in [-0.2, 0) is 0 Å². The van der Waals surface area contributed by atoms with Crippen molar-refractivity contribution in [3.05, 3.63) is 120 Å². The maximum atomic E-state index is 11.4. The van der Waals surface area contributed by atoms with Gasteiger partial charge < -0.3 is 10.2 Å². The highest BCUT2D eigenvalue weighted by atomic mass is 16.3. The lowest BCUT2D eigenvalue weighted by Gasteiger charge is -1.99. The standard InChI is InChI=1S/2C14H13N5O2/c2*20-13-6-2-1-5-12(13)10-17-19-14(21)18-16-9-11-4-3-7-15-8-11/h2*1-10,20H,(H2,18,19,21)/b2*16-9+,17-10+. The molecule has 0 bridgehead atoms. The molecule has 0 aliphatic carbocycles. The predicted molar refractivity (Wildman–Crippen MR) is 158 cm³/mol. The Hall–Kier alpha value is -6.44. The van der Waals surface area contributed by atoms with Crippen LogP contribution in [0, 0.1) is 0 Å². The highest BCUT2D eigenvalue weighted by molar-refractivity contribution is 5.86. The van der Waals surface area contributed by atoms with Crippen molar-refractivity contribution in [1.29, 1.82) is 0 Å². The second-order valence-corrected chi connectivity index (χ2v) is 7.83. The number of nitrogens with zero attached hydrogens (tertiary/aromatic N) is 6. The molecule has 0 fully saturated rings. The number of hydrogen-bond acceptors (Lipinski definition) is 10. The van der Waals surface area contributed by atoms with Gasteiger partial charge in [0.05, 0.1) is 24.9 Å². The van der Waals surface area contributed by atoms with Crippen LogP contribution in [0.4, 0.5) is 9.59 Å². The monoisotopic (exact) mass is 566 g/mol. The molecule has 0 radical (unpaired) electrons. The molecular formula is C28H26N10O4. The SMILES string of the molecule is O=C(N/N=C/c1cccnc1)N/N=C/c1ccccc1O.O=C(N/N=C/c1cccnc1)N/N=C/c1ccccc1O. The summed E-state index contributed by atoms with van der Waals surface area (Å²) < 4.78 is 0. The van der Waals surface area contributed by atoms with Crippen molar-refractivity contribution >= 4 is 36.9 Å². The number of urea groups is 2. The van der Waals surface area contributed by atoms with Gasteiger partial charge in [-0.15, -0.1) is 0 Å². The van der Waals surface area contributed by atoms with Crippen molar-refractivity contribution in [2.24, 2.45) is 20.4 Å². The number of hydrazone groups is 4. The summed E-state index contributed by atoms with van der Waals surface area (Å²) in [5.41, 5.74) is 11.5. The molecule has 2 aromatic carbocycles. The van der Waals surface area contributed by atoms with E-state index in [9.17, 15) is 19.8 Å². The van der Waals surface area contributed by atoms with Crippen LogP contribution >= 0.6 is 0 Å². The first-order valence-corrected chi connectivity index (χ1v) is 12.1. The lowest BCUT2D eigenvalue weighted by atomic mass is 10.2. The van der Waals surface area contributed by atoms with Gasteiger partial charge in [0.2, 0.25) is 0 Å². The summed E-state index contributed by atoms with van der Waals surface area (Å²) in [6.45, 7) is 0. The number of phenols is 2. The number of para-hydroxylation sites is 2. The second kappa shape index (κ2) is 17.2. The molecule has 0 aliphatic rings. The minimum atomic E-state index is -0.596. The first kappa shape index (κ1) is 30.1. The molecule has 0 saturated heterocycles. The fourth-order valence-corrected chi connectivity index (χ4v) is 2.80. The smallest absolute Gasteiger partial charge is 0.355 e. The van der Waals surface area contributed by atoms with Crippen molar-refractivity contribution in [3.63, 3.8) is 0 Å². The van der Waals surface area contributed by atoms with Crippen molar-refractivity contribution in [3.8, 4) is 11.5 Å². The molecule has 0 aliphatic heterocycles. The van der Waals surface area contributed by atoms with Gasteiger partial charge in [0.15, 0.2) is 0 Å². The fourth-order valence-electron chi connectivity index (χ4n) is 2.80. The van der Waals surface area contributed by atoms with Crippen LogP contribution in [0.3, 0.4) is 0 Å². The zero-order valence-electron chi connectivity index (χ0n) is 21.9. The molecule has 42 heavy (non-hydrogen) atoms. The lowest BCUT2D eigenvalue weighted by molar-refractivity contribution is 0.241. The summed E-state index contributed by atoms with van der Waals surface area (Å²) in [5.74, 6) is 0.163. The van der Waals surface area contributed by atoms with E-state index in [-0.39, 0.29) is 11.5 Å². The number of aromatic nitrogens is 2. The number of carbonyl (C=O) groups is 2. The van der Waals surface area contributed by atoms with Crippen molar-refractivity contribution < 1.29 is 19.8 Å². The van der Waals surface area contributed by atoms with E-state index >= 15 is 0 Å². The average molecular weight is 567 g/mol. The number of carbonyl (C=O) groups excluding carboxylic acids is 2. The molecule has 2 aromatic heterocycles. The molecule has 4 aromatic rings. The Morgan fingerprint density at radius 2 is 0.929 bits per heavy atom. The summed E-state index contributed by atoms with van der Waals surface area (Å²) in [4.78, 5) is 30.6. The van der Waals surface area contributed by atoms with Crippen molar-refractivity contribution in [2.45, 2.75) is 0 Å². The third-order valence-electron chi connectivity index (χ3n) is 4.74.